The number of hydrogen-bond donors (Lipinski definition) is 1. The van der Waals surface area contributed by atoms with Crippen LogP contribution in [0.25, 0.3) is 11.4 Å². The van der Waals surface area contributed by atoms with Crippen LogP contribution in [-0.4, -0.2) is 38.1 Å². The molecule has 0 saturated heterocycles. The highest BCUT2D eigenvalue weighted by Gasteiger charge is 2.22. The first-order valence-corrected chi connectivity index (χ1v) is 9.32. The Kier molecular flexibility index (Phi) is 6.67. The molecular formula is C20H24N6O2. The number of nitrogens with one attached hydrogen (secondary N) is 1. The molecule has 2 amide bonds. The molecule has 28 heavy (non-hydrogen) atoms. The Morgan fingerprint density at radius 2 is 2.00 bits per heavy atom. The fourth-order valence-electron chi connectivity index (χ4n) is 2.91. The van der Waals surface area contributed by atoms with E-state index >= 15 is 0 Å². The van der Waals surface area contributed by atoms with E-state index in [0.29, 0.717) is 11.7 Å². The topological polar surface area (TPSA) is 97.0 Å². The fraction of sp³-hybridized carbons (Fsp3) is 0.350. The average Bonchev–Trinajstić information content (AvgIpc) is 3.22. The van der Waals surface area contributed by atoms with Crippen molar-refractivity contribution >= 4 is 6.03 Å². The molecule has 3 heterocycles. The summed E-state index contributed by atoms with van der Waals surface area (Å²) in [5.74, 6) is 0.786. The van der Waals surface area contributed by atoms with E-state index in [2.05, 4.69) is 32.3 Å². The van der Waals surface area contributed by atoms with Crippen molar-refractivity contribution in [3.63, 3.8) is 0 Å². The Morgan fingerprint density at radius 1 is 1.21 bits per heavy atom. The smallest absolute Gasteiger partial charge is 0.318 e. The van der Waals surface area contributed by atoms with Crippen LogP contribution < -0.4 is 5.32 Å². The third kappa shape index (κ3) is 4.91. The third-order valence-electron chi connectivity index (χ3n) is 4.47. The zero-order chi connectivity index (χ0) is 19.8. The molecule has 0 aliphatic heterocycles. The van der Waals surface area contributed by atoms with Crippen LogP contribution in [0.2, 0.25) is 0 Å². The summed E-state index contributed by atoms with van der Waals surface area (Å²) < 4.78 is 5.23. The van der Waals surface area contributed by atoms with Crippen molar-refractivity contribution < 1.29 is 9.32 Å². The fourth-order valence-corrected chi connectivity index (χ4v) is 2.91. The Hall–Kier alpha value is -3.29. The molecule has 8 nitrogen and oxygen atoms in total. The molecule has 1 N–H and O–H groups in total. The van der Waals surface area contributed by atoms with Crippen LogP contribution in [-0.2, 0) is 6.54 Å². The van der Waals surface area contributed by atoms with E-state index in [9.17, 15) is 4.79 Å². The van der Waals surface area contributed by atoms with Crippen LogP contribution in [0, 0.1) is 0 Å². The second-order valence-corrected chi connectivity index (χ2v) is 6.47. The summed E-state index contributed by atoms with van der Waals surface area (Å²) in [6.45, 7) is 2.29. The van der Waals surface area contributed by atoms with Gasteiger partial charge in [-0.05, 0) is 30.2 Å². The molecule has 0 bridgehead atoms. The van der Waals surface area contributed by atoms with Crippen LogP contribution in [0.1, 0.15) is 43.7 Å². The Labute approximate surface area is 164 Å². The molecule has 0 aromatic carbocycles. The van der Waals surface area contributed by atoms with Crippen LogP contribution >= 0.6 is 0 Å². The highest BCUT2D eigenvalue weighted by molar-refractivity contribution is 5.74. The molecule has 0 aliphatic carbocycles. The molecule has 1 unspecified atom stereocenters. The number of hydrogen-bond acceptors (Lipinski definition) is 6. The number of nitrogens with zero attached hydrogens (tertiary/aromatic N) is 5. The van der Waals surface area contributed by atoms with Gasteiger partial charge in [-0.25, -0.2) is 4.79 Å². The number of aromatic nitrogens is 4. The van der Waals surface area contributed by atoms with Gasteiger partial charge in [0.05, 0.1) is 12.6 Å². The zero-order valence-corrected chi connectivity index (χ0v) is 16.1. The van der Waals surface area contributed by atoms with Gasteiger partial charge in [-0.15, -0.1) is 0 Å². The molecule has 0 radical (unpaired) electrons. The normalized spacial score (nSPS) is 11.8. The monoisotopic (exact) mass is 380 g/mol. The van der Waals surface area contributed by atoms with Crippen molar-refractivity contribution in [2.45, 2.75) is 38.8 Å². The minimum atomic E-state index is -0.203. The number of urea groups is 1. The van der Waals surface area contributed by atoms with E-state index in [0.717, 1.165) is 30.4 Å². The van der Waals surface area contributed by atoms with Crippen molar-refractivity contribution in [3.8, 4) is 11.4 Å². The van der Waals surface area contributed by atoms with Gasteiger partial charge in [-0.2, -0.15) is 4.98 Å². The predicted octanol–water partition coefficient (Wildman–Crippen LogP) is 3.60. The first-order chi connectivity index (χ1) is 13.7. The number of carbonyl (C=O) groups excluding carboxylic acids is 1. The standard InChI is InChI=1S/C20H24N6O2/c1-3-4-9-17(15-7-5-10-21-12-15)26(2)20(27)23-14-18-24-19(25-28-18)16-8-6-11-22-13-16/h5-8,10-13,17H,3-4,9,14H2,1-2H3,(H,23,27). The Bertz CT molecular complexity index is 869. The molecule has 0 spiro atoms. The van der Waals surface area contributed by atoms with Gasteiger partial charge in [0.2, 0.25) is 11.7 Å². The molecule has 0 fully saturated rings. The minimum absolute atomic E-state index is 0.0395. The van der Waals surface area contributed by atoms with Gasteiger partial charge in [0.1, 0.15) is 0 Å². The van der Waals surface area contributed by atoms with Crippen molar-refractivity contribution in [1.82, 2.24) is 30.3 Å². The minimum Gasteiger partial charge on any atom is -0.337 e. The van der Waals surface area contributed by atoms with Gasteiger partial charge in [-0.3, -0.25) is 9.97 Å². The van der Waals surface area contributed by atoms with Gasteiger partial charge in [-0.1, -0.05) is 31.0 Å². The number of amides is 2. The highest BCUT2D eigenvalue weighted by atomic mass is 16.5. The number of carbonyl (C=O) groups is 1. The molecule has 3 aromatic rings. The van der Waals surface area contributed by atoms with Crippen LogP contribution in [0.5, 0.6) is 0 Å². The molecular weight excluding hydrogens is 356 g/mol. The van der Waals surface area contributed by atoms with Gasteiger partial charge < -0.3 is 14.7 Å². The van der Waals surface area contributed by atoms with E-state index in [1.165, 1.54) is 0 Å². The number of pyridine rings is 2. The maximum atomic E-state index is 12.7. The molecule has 8 heteroatoms. The van der Waals surface area contributed by atoms with Crippen molar-refractivity contribution in [3.05, 3.63) is 60.5 Å². The van der Waals surface area contributed by atoms with Gasteiger partial charge >= 0.3 is 6.03 Å². The van der Waals surface area contributed by atoms with E-state index in [1.54, 1.807) is 36.6 Å². The quantitative estimate of drug-likeness (QED) is 0.641. The highest BCUT2D eigenvalue weighted by Crippen LogP contribution is 2.24. The first-order valence-electron chi connectivity index (χ1n) is 9.32. The van der Waals surface area contributed by atoms with Crippen LogP contribution in [0.3, 0.4) is 0 Å². The van der Waals surface area contributed by atoms with Gasteiger partial charge in [0.15, 0.2) is 0 Å². The lowest BCUT2D eigenvalue weighted by molar-refractivity contribution is 0.184. The third-order valence-corrected chi connectivity index (χ3v) is 4.47. The lowest BCUT2D eigenvalue weighted by Crippen LogP contribution is -2.39. The predicted molar refractivity (Wildman–Crippen MR) is 104 cm³/mol. The summed E-state index contributed by atoms with van der Waals surface area (Å²) in [7, 11) is 1.79. The zero-order valence-electron chi connectivity index (χ0n) is 16.1. The van der Waals surface area contributed by atoms with Crippen LogP contribution in [0.4, 0.5) is 4.79 Å². The maximum absolute atomic E-state index is 12.7. The summed E-state index contributed by atoms with van der Waals surface area (Å²) in [5, 5.41) is 6.78. The van der Waals surface area contributed by atoms with Gasteiger partial charge in [0, 0.05) is 37.4 Å². The molecule has 0 aliphatic rings. The van der Waals surface area contributed by atoms with E-state index in [1.807, 2.05) is 24.4 Å². The molecule has 0 saturated carbocycles. The van der Waals surface area contributed by atoms with E-state index in [-0.39, 0.29) is 18.6 Å². The number of unbranched alkanes of at least 4 members (excludes halogenated alkanes) is 1. The molecule has 1 atom stereocenters. The first kappa shape index (κ1) is 19.5. The SMILES string of the molecule is CCCCC(c1cccnc1)N(C)C(=O)NCc1nc(-c2cccnc2)no1. The molecule has 3 rings (SSSR count). The van der Waals surface area contributed by atoms with Crippen LogP contribution in [0.15, 0.2) is 53.6 Å². The number of rotatable bonds is 8. The Balaban J connectivity index is 1.62. The van der Waals surface area contributed by atoms with Crippen molar-refractivity contribution in [1.29, 1.82) is 0 Å². The van der Waals surface area contributed by atoms with Crippen molar-refractivity contribution in [2.24, 2.45) is 0 Å². The van der Waals surface area contributed by atoms with E-state index < -0.39 is 0 Å². The van der Waals surface area contributed by atoms with Gasteiger partial charge in [0.25, 0.3) is 0 Å². The second-order valence-electron chi connectivity index (χ2n) is 6.47. The van der Waals surface area contributed by atoms with Crippen molar-refractivity contribution in [2.75, 3.05) is 7.05 Å². The second kappa shape index (κ2) is 9.59. The summed E-state index contributed by atoms with van der Waals surface area (Å²) in [6.07, 6.45) is 9.83. The summed E-state index contributed by atoms with van der Waals surface area (Å²) in [4.78, 5) is 26.9. The van der Waals surface area contributed by atoms with E-state index in [4.69, 9.17) is 4.52 Å². The molecule has 3 aromatic heterocycles. The summed E-state index contributed by atoms with van der Waals surface area (Å²) >= 11 is 0. The lowest BCUT2D eigenvalue weighted by Gasteiger charge is -2.28. The summed E-state index contributed by atoms with van der Waals surface area (Å²) in [6, 6.07) is 7.29. The lowest BCUT2D eigenvalue weighted by atomic mass is 10.0. The average molecular weight is 380 g/mol. The molecule has 146 valence electrons. The summed E-state index contributed by atoms with van der Waals surface area (Å²) in [5.41, 5.74) is 1.78. The largest absolute Gasteiger partial charge is 0.337 e. The maximum Gasteiger partial charge on any atom is 0.318 e. The Morgan fingerprint density at radius 3 is 2.68 bits per heavy atom.